The van der Waals surface area contributed by atoms with Crippen molar-refractivity contribution in [2.45, 2.75) is 45.6 Å². The normalized spacial score (nSPS) is 19.2. The minimum atomic E-state index is -2.95. The summed E-state index contributed by atoms with van der Waals surface area (Å²) in [5, 5.41) is 2.83. The highest BCUT2D eigenvalue weighted by molar-refractivity contribution is 7.91. The van der Waals surface area contributed by atoms with Gasteiger partial charge in [-0.2, -0.15) is 0 Å². The number of carbonyl (C=O) groups excluding carboxylic acids is 1. The van der Waals surface area contributed by atoms with Crippen LogP contribution >= 0.6 is 0 Å². The van der Waals surface area contributed by atoms with Crippen LogP contribution < -0.4 is 10.2 Å². The Kier molecular flexibility index (Phi) is 6.53. The molecule has 1 fully saturated rings. The van der Waals surface area contributed by atoms with Crippen molar-refractivity contribution >= 4 is 21.6 Å². The fraction of sp³-hybridized carbons (Fsp3) is 0.688. The van der Waals surface area contributed by atoms with E-state index in [2.05, 4.69) is 22.2 Å². The first-order valence-corrected chi connectivity index (χ1v) is 10.4. The number of aromatic nitrogens is 2. The summed E-state index contributed by atoms with van der Waals surface area (Å²) in [5.74, 6) is 0.765. The topological polar surface area (TPSA) is 92.3 Å². The molecular formula is C16H26N4O3S. The molecular weight excluding hydrogens is 328 g/mol. The molecule has 0 spiro atoms. The lowest BCUT2D eigenvalue weighted by Crippen LogP contribution is -2.37. The second-order valence-corrected chi connectivity index (χ2v) is 8.29. The van der Waals surface area contributed by atoms with Gasteiger partial charge in [0.2, 0.25) is 0 Å². The number of hydrogen-bond donors (Lipinski definition) is 1. The maximum absolute atomic E-state index is 12.0. The van der Waals surface area contributed by atoms with Gasteiger partial charge in [0.05, 0.1) is 23.9 Å². The first-order valence-electron chi connectivity index (χ1n) is 8.54. The van der Waals surface area contributed by atoms with Crippen LogP contribution in [-0.2, 0) is 9.84 Å². The van der Waals surface area contributed by atoms with Gasteiger partial charge in [0, 0.05) is 19.1 Å². The number of anilines is 1. The number of hydrogen-bond acceptors (Lipinski definition) is 6. The minimum Gasteiger partial charge on any atom is -0.352 e. The summed E-state index contributed by atoms with van der Waals surface area (Å²) in [6.07, 6.45) is 6.76. The second-order valence-electron chi connectivity index (χ2n) is 6.07. The van der Waals surface area contributed by atoms with E-state index in [1.165, 1.54) is 6.20 Å². The highest BCUT2D eigenvalue weighted by Gasteiger charge is 2.32. The maximum Gasteiger partial charge on any atom is 0.271 e. The second kappa shape index (κ2) is 8.41. The quantitative estimate of drug-likeness (QED) is 0.710. The molecule has 7 nitrogen and oxygen atoms in total. The smallest absolute Gasteiger partial charge is 0.271 e. The standard InChI is InChI=1S/C16H26N4O3S/c1-3-5-6-8-17-16(21)14-10-19-15(11-18-14)20(4-2)13-7-9-24(22,23)12-13/h10-11,13H,3-9,12H2,1-2H3,(H,17,21). The predicted octanol–water partition coefficient (Wildman–Crippen LogP) is 1.41. The fourth-order valence-corrected chi connectivity index (χ4v) is 4.61. The van der Waals surface area contributed by atoms with Crippen molar-refractivity contribution in [3.63, 3.8) is 0 Å². The third-order valence-electron chi connectivity index (χ3n) is 4.22. The molecule has 1 aliphatic rings. The summed E-state index contributed by atoms with van der Waals surface area (Å²) in [6, 6.07) is -0.0666. The van der Waals surface area contributed by atoms with E-state index in [4.69, 9.17) is 0 Å². The number of unbranched alkanes of at least 4 members (excludes halogenated alkanes) is 2. The van der Waals surface area contributed by atoms with E-state index in [0.717, 1.165) is 19.3 Å². The number of carbonyl (C=O) groups is 1. The van der Waals surface area contributed by atoms with Crippen molar-refractivity contribution in [3.05, 3.63) is 18.1 Å². The van der Waals surface area contributed by atoms with Crippen molar-refractivity contribution in [1.82, 2.24) is 15.3 Å². The van der Waals surface area contributed by atoms with Gasteiger partial charge in [-0.25, -0.2) is 18.4 Å². The molecule has 1 saturated heterocycles. The van der Waals surface area contributed by atoms with Crippen molar-refractivity contribution in [2.24, 2.45) is 0 Å². The number of sulfone groups is 1. The van der Waals surface area contributed by atoms with E-state index in [-0.39, 0.29) is 29.1 Å². The summed E-state index contributed by atoms with van der Waals surface area (Å²) in [5.41, 5.74) is 0.283. The van der Waals surface area contributed by atoms with E-state index >= 15 is 0 Å². The zero-order valence-corrected chi connectivity index (χ0v) is 15.2. The molecule has 0 saturated carbocycles. The van der Waals surface area contributed by atoms with Crippen molar-refractivity contribution < 1.29 is 13.2 Å². The molecule has 1 N–H and O–H groups in total. The van der Waals surface area contributed by atoms with E-state index in [1.54, 1.807) is 6.20 Å². The van der Waals surface area contributed by atoms with Gasteiger partial charge in [0.25, 0.3) is 5.91 Å². The molecule has 0 aliphatic carbocycles. The van der Waals surface area contributed by atoms with E-state index in [9.17, 15) is 13.2 Å². The number of nitrogens with one attached hydrogen (secondary N) is 1. The van der Waals surface area contributed by atoms with Gasteiger partial charge in [-0.1, -0.05) is 19.8 Å². The first-order chi connectivity index (χ1) is 11.5. The highest BCUT2D eigenvalue weighted by Crippen LogP contribution is 2.22. The molecule has 0 aromatic carbocycles. The molecule has 0 radical (unpaired) electrons. The van der Waals surface area contributed by atoms with Crippen molar-refractivity contribution in [1.29, 1.82) is 0 Å². The molecule has 1 aromatic heterocycles. The third kappa shape index (κ3) is 4.90. The molecule has 1 amide bonds. The van der Waals surface area contributed by atoms with Gasteiger partial charge in [-0.3, -0.25) is 4.79 Å². The van der Waals surface area contributed by atoms with Gasteiger partial charge in [-0.05, 0) is 19.8 Å². The Labute approximate surface area is 143 Å². The maximum atomic E-state index is 12.0. The zero-order valence-electron chi connectivity index (χ0n) is 14.4. The van der Waals surface area contributed by atoms with Gasteiger partial charge < -0.3 is 10.2 Å². The highest BCUT2D eigenvalue weighted by atomic mass is 32.2. The van der Waals surface area contributed by atoms with Crippen LogP contribution in [0.15, 0.2) is 12.4 Å². The van der Waals surface area contributed by atoms with E-state index in [0.29, 0.717) is 25.3 Å². The van der Waals surface area contributed by atoms with Crippen LogP contribution in [-0.4, -0.2) is 54.9 Å². The summed E-state index contributed by atoms with van der Waals surface area (Å²) in [6.45, 7) is 5.36. The van der Waals surface area contributed by atoms with E-state index in [1.807, 2.05) is 11.8 Å². The number of nitrogens with zero attached hydrogens (tertiary/aromatic N) is 3. The Morgan fingerprint density at radius 2 is 2.08 bits per heavy atom. The molecule has 24 heavy (non-hydrogen) atoms. The summed E-state index contributed by atoms with van der Waals surface area (Å²) in [4.78, 5) is 22.4. The molecule has 2 rings (SSSR count). The molecule has 8 heteroatoms. The Hall–Kier alpha value is -1.70. The lowest BCUT2D eigenvalue weighted by atomic mass is 10.2. The predicted molar refractivity (Wildman–Crippen MR) is 94.0 cm³/mol. The summed E-state index contributed by atoms with van der Waals surface area (Å²) in [7, 11) is -2.95. The van der Waals surface area contributed by atoms with Crippen LogP contribution in [0.3, 0.4) is 0 Å². The monoisotopic (exact) mass is 354 g/mol. The molecule has 2 heterocycles. The molecule has 134 valence electrons. The Balaban J connectivity index is 1.98. The Bertz CT molecular complexity index is 646. The van der Waals surface area contributed by atoms with Crippen LogP contribution in [0, 0.1) is 0 Å². The number of rotatable bonds is 8. The lowest BCUT2D eigenvalue weighted by Gasteiger charge is -2.27. The third-order valence-corrected chi connectivity index (χ3v) is 5.97. The summed E-state index contributed by atoms with van der Waals surface area (Å²) < 4.78 is 23.3. The average molecular weight is 354 g/mol. The zero-order chi connectivity index (χ0) is 17.6. The van der Waals surface area contributed by atoms with Crippen LogP contribution in [0.5, 0.6) is 0 Å². The van der Waals surface area contributed by atoms with Gasteiger partial charge >= 0.3 is 0 Å². The minimum absolute atomic E-state index is 0.0666. The van der Waals surface area contributed by atoms with Crippen molar-refractivity contribution in [3.8, 4) is 0 Å². The molecule has 1 aliphatic heterocycles. The van der Waals surface area contributed by atoms with Crippen LogP contribution in [0.2, 0.25) is 0 Å². The van der Waals surface area contributed by atoms with E-state index < -0.39 is 9.84 Å². The molecule has 1 unspecified atom stereocenters. The summed E-state index contributed by atoms with van der Waals surface area (Å²) >= 11 is 0. The van der Waals surface area contributed by atoms with Crippen LogP contribution in [0.25, 0.3) is 0 Å². The van der Waals surface area contributed by atoms with Gasteiger partial charge in [0.1, 0.15) is 11.5 Å². The molecule has 0 bridgehead atoms. The lowest BCUT2D eigenvalue weighted by molar-refractivity contribution is 0.0947. The average Bonchev–Trinajstić information content (AvgIpc) is 2.92. The van der Waals surface area contributed by atoms with Crippen LogP contribution in [0.1, 0.15) is 50.0 Å². The first kappa shape index (κ1) is 18.6. The Morgan fingerprint density at radius 3 is 2.62 bits per heavy atom. The SMILES string of the molecule is CCCCCNC(=O)c1cnc(N(CC)C2CCS(=O)(=O)C2)cn1. The Morgan fingerprint density at radius 1 is 1.29 bits per heavy atom. The van der Waals surface area contributed by atoms with Gasteiger partial charge in [0.15, 0.2) is 9.84 Å². The molecule has 1 aromatic rings. The number of amides is 1. The molecule has 1 atom stereocenters. The van der Waals surface area contributed by atoms with Crippen molar-refractivity contribution in [2.75, 3.05) is 29.5 Å². The largest absolute Gasteiger partial charge is 0.352 e. The fourth-order valence-electron chi connectivity index (χ4n) is 2.88. The van der Waals surface area contributed by atoms with Crippen LogP contribution in [0.4, 0.5) is 5.82 Å². The van der Waals surface area contributed by atoms with Gasteiger partial charge in [-0.15, -0.1) is 0 Å².